The molecule has 3 rings (SSSR count). The van der Waals surface area contributed by atoms with Gasteiger partial charge in [0.1, 0.15) is 12.2 Å². The van der Waals surface area contributed by atoms with Crippen molar-refractivity contribution in [1.29, 1.82) is 0 Å². The van der Waals surface area contributed by atoms with Gasteiger partial charge in [-0.25, -0.2) is 4.98 Å². The molecule has 1 saturated heterocycles. The summed E-state index contributed by atoms with van der Waals surface area (Å²) in [7, 11) is 0. The standard InChI is InChI=1S/C14H16F3N5/c15-14(16,17)10-4-3-6-18-11(10)8-22-7-2-1-5-12(22)13-19-9-20-21-13/h3-4,6,9,12H,1-2,5,7-8H2,(H,19,20,21)/t12-/m1/s1. The van der Waals surface area contributed by atoms with Gasteiger partial charge in [-0.1, -0.05) is 6.42 Å². The smallest absolute Gasteiger partial charge is 0.288 e. The molecule has 3 heterocycles. The van der Waals surface area contributed by atoms with Crippen LogP contribution in [0.5, 0.6) is 0 Å². The molecule has 1 N–H and O–H groups in total. The van der Waals surface area contributed by atoms with Crippen molar-refractivity contribution in [3.05, 3.63) is 41.7 Å². The first-order chi connectivity index (χ1) is 10.6. The highest BCUT2D eigenvalue weighted by Gasteiger charge is 2.35. The fraction of sp³-hybridized carbons (Fsp3) is 0.500. The Morgan fingerprint density at radius 2 is 2.14 bits per heavy atom. The first-order valence-corrected chi connectivity index (χ1v) is 7.16. The number of halogens is 3. The molecule has 1 atom stereocenters. The van der Waals surface area contributed by atoms with Crippen LogP contribution in [0.15, 0.2) is 24.7 Å². The predicted octanol–water partition coefficient (Wildman–Crippen LogP) is 2.95. The maximum absolute atomic E-state index is 13.1. The summed E-state index contributed by atoms with van der Waals surface area (Å²) in [6.07, 6.45) is 1.27. The van der Waals surface area contributed by atoms with E-state index in [-0.39, 0.29) is 18.3 Å². The molecule has 118 valence electrons. The van der Waals surface area contributed by atoms with Crippen molar-refractivity contribution < 1.29 is 13.2 Å². The predicted molar refractivity (Wildman–Crippen MR) is 72.6 cm³/mol. The number of aromatic amines is 1. The quantitative estimate of drug-likeness (QED) is 0.947. The minimum absolute atomic E-state index is 0.0423. The summed E-state index contributed by atoms with van der Waals surface area (Å²) in [5.74, 6) is 0.698. The number of hydrogen-bond donors (Lipinski definition) is 1. The minimum atomic E-state index is -4.39. The van der Waals surface area contributed by atoms with E-state index in [1.54, 1.807) is 0 Å². The van der Waals surface area contributed by atoms with Crippen LogP contribution in [0.4, 0.5) is 13.2 Å². The molecule has 2 aromatic rings. The Bertz CT molecular complexity index is 611. The van der Waals surface area contributed by atoms with E-state index >= 15 is 0 Å². The molecular weight excluding hydrogens is 295 g/mol. The van der Waals surface area contributed by atoms with Gasteiger partial charge in [-0.15, -0.1) is 0 Å². The van der Waals surface area contributed by atoms with Gasteiger partial charge in [0.15, 0.2) is 0 Å². The lowest BCUT2D eigenvalue weighted by molar-refractivity contribution is -0.138. The molecule has 0 aliphatic carbocycles. The van der Waals surface area contributed by atoms with Crippen LogP contribution in [0.3, 0.4) is 0 Å². The van der Waals surface area contributed by atoms with E-state index in [4.69, 9.17) is 0 Å². The number of rotatable bonds is 3. The number of nitrogens with one attached hydrogen (secondary N) is 1. The Balaban J connectivity index is 1.85. The number of pyridine rings is 1. The number of aromatic nitrogens is 4. The van der Waals surface area contributed by atoms with Crippen LogP contribution in [-0.4, -0.2) is 31.6 Å². The molecule has 22 heavy (non-hydrogen) atoms. The lowest BCUT2D eigenvalue weighted by Crippen LogP contribution is -2.34. The molecule has 0 amide bonds. The second kappa shape index (κ2) is 6.04. The van der Waals surface area contributed by atoms with Crippen LogP contribution in [-0.2, 0) is 12.7 Å². The van der Waals surface area contributed by atoms with Crippen LogP contribution >= 0.6 is 0 Å². The summed E-state index contributed by atoms with van der Waals surface area (Å²) < 4.78 is 39.3. The van der Waals surface area contributed by atoms with Crippen molar-refractivity contribution in [3.63, 3.8) is 0 Å². The maximum atomic E-state index is 13.1. The van der Waals surface area contributed by atoms with Crippen LogP contribution in [0.1, 0.15) is 42.4 Å². The minimum Gasteiger partial charge on any atom is -0.288 e. The lowest BCUT2D eigenvalue weighted by atomic mass is 10.0. The molecule has 0 saturated carbocycles. The average Bonchev–Trinajstić information content (AvgIpc) is 3.01. The molecule has 0 spiro atoms. The third kappa shape index (κ3) is 3.11. The molecule has 1 aliphatic heterocycles. The molecule has 0 aromatic carbocycles. The van der Waals surface area contributed by atoms with Gasteiger partial charge in [0.2, 0.25) is 0 Å². The number of nitrogens with zero attached hydrogens (tertiary/aromatic N) is 4. The van der Waals surface area contributed by atoms with Gasteiger partial charge in [-0.05, 0) is 31.5 Å². The summed E-state index contributed by atoms with van der Waals surface area (Å²) in [5.41, 5.74) is -0.613. The first kappa shape index (κ1) is 15.0. The molecule has 1 aliphatic rings. The van der Waals surface area contributed by atoms with E-state index in [0.717, 1.165) is 31.9 Å². The highest BCUT2D eigenvalue weighted by atomic mass is 19.4. The van der Waals surface area contributed by atoms with Gasteiger partial charge in [0, 0.05) is 12.7 Å². The van der Waals surface area contributed by atoms with E-state index in [1.807, 2.05) is 4.90 Å². The highest BCUT2D eigenvalue weighted by Crippen LogP contribution is 2.34. The number of likely N-dealkylation sites (tertiary alicyclic amines) is 1. The molecule has 5 nitrogen and oxygen atoms in total. The summed E-state index contributed by atoms with van der Waals surface area (Å²) in [6, 6.07) is 2.35. The zero-order chi connectivity index (χ0) is 15.6. The molecule has 0 radical (unpaired) electrons. The number of piperidine rings is 1. The van der Waals surface area contributed by atoms with Gasteiger partial charge in [-0.2, -0.15) is 18.3 Å². The highest BCUT2D eigenvalue weighted by molar-refractivity contribution is 5.23. The normalized spacial score (nSPS) is 20.2. The van der Waals surface area contributed by atoms with Gasteiger partial charge in [0.05, 0.1) is 17.3 Å². The number of H-pyrrole nitrogens is 1. The van der Waals surface area contributed by atoms with Crippen LogP contribution < -0.4 is 0 Å². The second-order valence-electron chi connectivity index (χ2n) is 5.35. The monoisotopic (exact) mass is 311 g/mol. The Morgan fingerprint density at radius 3 is 2.86 bits per heavy atom. The van der Waals surface area contributed by atoms with Crippen molar-refractivity contribution in [2.75, 3.05) is 6.54 Å². The Labute approximate surface area is 125 Å². The SMILES string of the molecule is FC(F)(F)c1cccnc1CN1CCCC[C@@H]1c1ncn[nH]1. The lowest BCUT2D eigenvalue weighted by Gasteiger charge is -2.34. The van der Waals surface area contributed by atoms with Gasteiger partial charge in [0.25, 0.3) is 0 Å². The van der Waals surface area contributed by atoms with Gasteiger partial charge < -0.3 is 0 Å². The molecular formula is C14H16F3N5. The molecule has 1 fully saturated rings. The average molecular weight is 311 g/mol. The molecule has 2 aromatic heterocycles. The van der Waals surface area contributed by atoms with E-state index in [2.05, 4.69) is 20.2 Å². The fourth-order valence-electron chi connectivity index (χ4n) is 2.88. The van der Waals surface area contributed by atoms with Crippen molar-refractivity contribution >= 4 is 0 Å². The third-order valence-corrected chi connectivity index (χ3v) is 3.91. The van der Waals surface area contributed by atoms with E-state index < -0.39 is 11.7 Å². The van der Waals surface area contributed by atoms with Crippen molar-refractivity contribution in [2.45, 2.75) is 38.0 Å². The van der Waals surface area contributed by atoms with Crippen LogP contribution in [0.2, 0.25) is 0 Å². The zero-order valence-electron chi connectivity index (χ0n) is 11.8. The van der Waals surface area contributed by atoms with Crippen LogP contribution in [0.25, 0.3) is 0 Å². The van der Waals surface area contributed by atoms with Crippen molar-refractivity contribution in [3.8, 4) is 0 Å². The molecule has 0 bridgehead atoms. The van der Waals surface area contributed by atoms with Crippen molar-refractivity contribution in [1.82, 2.24) is 25.1 Å². The Morgan fingerprint density at radius 1 is 1.27 bits per heavy atom. The van der Waals surface area contributed by atoms with Gasteiger partial charge in [-0.3, -0.25) is 15.0 Å². The second-order valence-corrected chi connectivity index (χ2v) is 5.35. The fourth-order valence-corrected chi connectivity index (χ4v) is 2.88. The summed E-state index contributed by atoms with van der Waals surface area (Å²) >= 11 is 0. The maximum Gasteiger partial charge on any atom is 0.418 e. The molecule has 0 unspecified atom stereocenters. The third-order valence-electron chi connectivity index (χ3n) is 3.91. The number of hydrogen-bond acceptors (Lipinski definition) is 4. The summed E-state index contributed by atoms with van der Waals surface area (Å²) in [6.45, 7) is 0.875. The van der Waals surface area contributed by atoms with E-state index in [0.29, 0.717) is 5.82 Å². The topological polar surface area (TPSA) is 57.7 Å². The summed E-state index contributed by atoms with van der Waals surface area (Å²) in [5, 5.41) is 6.66. The number of alkyl halides is 3. The molecule has 8 heteroatoms. The van der Waals surface area contributed by atoms with Gasteiger partial charge >= 0.3 is 6.18 Å². The zero-order valence-corrected chi connectivity index (χ0v) is 11.8. The van der Waals surface area contributed by atoms with Crippen LogP contribution in [0, 0.1) is 0 Å². The largest absolute Gasteiger partial charge is 0.418 e. The first-order valence-electron chi connectivity index (χ1n) is 7.16. The van der Waals surface area contributed by atoms with Crippen molar-refractivity contribution in [2.24, 2.45) is 0 Å². The Kier molecular flexibility index (Phi) is 4.10. The Hall–Kier alpha value is -1.96. The van der Waals surface area contributed by atoms with E-state index in [9.17, 15) is 13.2 Å². The van der Waals surface area contributed by atoms with E-state index in [1.165, 1.54) is 18.6 Å². The summed E-state index contributed by atoms with van der Waals surface area (Å²) in [4.78, 5) is 10.1.